The van der Waals surface area contributed by atoms with Crippen molar-refractivity contribution in [3.63, 3.8) is 0 Å². The first kappa shape index (κ1) is 23.2. The maximum atomic E-state index is 13.0. The number of hydrogen-bond donors (Lipinski definition) is 2. The van der Waals surface area contributed by atoms with Gasteiger partial charge in [-0.3, -0.25) is 14.8 Å². The highest BCUT2D eigenvalue weighted by Gasteiger charge is 2.65. The molecule has 2 atom stereocenters. The lowest BCUT2D eigenvalue weighted by Gasteiger charge is -2.26. The molecule has 1 aromatic heterocycles. The fourth-order valence-corrected chi connectivity index (χ4v) is 6.09. The summed E-state index contributed by atoms with van der Waals surface area (Å²) in [6.07, 6.45) is 4.99. The van der Waals surface area contributed by atoms with E-state index in [0.29, 0.717) is 0 Å². The smallest absolute Gasteiger partial charge is 0.235 e. The van der Waals surface area contributed by atoms with Crippen LogP contribution in [0.4, 0.5) is 5.69 Å². The monoisotopic (exact) mass is 506 g/mol. The fourth-order valence-electron chi connectivity index (χ4n) is 6.09. The van der Waals surface area contributed by atoms with E-state index < -0.39 is 5.41 Å². The van der Waals surface area contributed by atoms with E-state index in [-0.39, 0.29) is 11.8 Å². The Morgan fingerprint density at radius 1 is 1.11 bits per heavy atom. The summed E-state index contributed by atoms with van der Waals surface area (Å²) in [4.78, 5) is 15.5. The topological polar surface area (TPSA) is 79.5 Å². The second-order valence-electron chi connectivity index (χ2n) is 10.5. The van der Waals surface area contributed by atoms with Crippen molar-refractivity contribution in [2.45, 2.75) is 24.3 Å². The minimum Gasteiger partial charge on any atom is -0.497 e. The molecule has 4 aromatic rings. The molecule has 1 amide bonds. The molecule has 1 aliphatic carbocycles. The van der Waals surface area contributed by atoms with Gasteiger partial charge in [0, 0.05) is 36.6 Å². The van der Waals surface area contributed by atoms with E-state index in [0.717, 1.165) is 84.0 Å². The van der Waals surface area contributed by atoms with Gasteiger partial charge in [-0.2, -0.15) is 5.10 Å². The Balaban J connectivity index is 1.11. The number of aromatic nitrogens is 2. The van der Waals surface area contributed by atoms with Crippen LogP contribution in [0.1, 0.15) is 40.3 Å². The van der Waals surface area contributed by atoms with Crippen LogP contribution < -0.4 is 10.1 Å². The molecular formula is C31H30N4O3. The van der Waals surface area contributed by atoms with E-state index in [1.807, 2.05) is 18.2 Å². The second kappa shape index (κ2) is 9.11. The molecule has 7 nitrogen and oxygen atoms in total. The van der Waals surface area contributed by atoms with Crippen LogP contribution in [0.15, 0.2) is 60.7 Å². The molecule has 38 heavy (non-hydrogen) atoms. The number of fused-ring (bicyclic) bond motifs is 3. The van der Waals surface area contributed by atoms with Crippen LogP contribution in [0.25, 0.3) is 23.1 Å². The number of carbonyl (C=O) groups excluding carboxylic acids is 1. The highest BCUT2D eigenvalue weighted by atomic mass is 16.5. The van der Waals surface area contributed by atoms with Crippen molar-refractivity contribution < 1.29 is 14.3 Å². The maximum absolute atomic E-state index is 13.0. The summed E-state index contributed by atoms with van der Waals surface area (Å²) < 4.78 is 10.9. The molecule has 192 valence electrons. The molecule has 3 aliphatic rings. The first-order valence-electron chi connectivity index (χ1n) is 13.2. The van der Waals surface area contributed by atoms with Crippen LogP contribution in [-0.4, -0.2) is 54.4 Å². The zero-order chi connectivity index (χ0) is 25.7. The molecule has 2 aliphatic heterocycles. The predicted molar refractivity (Wildman–Crippen MR) is 148 cm³/mol. The van der Waals surface area contributed by atoms with Gasteiger partial charge < -0.3 is 14.8 Å². The lowest BCUT2D eigenvalue weighted by Crippen LogP contribution is -2.35. The highest BCUT2D eigenvalue weighted by Crippen LogP contribution is 2.65. The SMILES string of the molecule is COc1ccc2c(c1)[C@]1(CC1c1ccc3c(/C=C/c4cccc(CN5CCOCC5)c4)n[nH]c3c1)C(=O)N2. The Morgan fingerprint density at radius 3 is 2.87 bits per heavy atom. The van der Waals surface area contributed by atoms with Crippen LogP contribution in [0.5, 0.6) is 5.75 Å². The Kier molecular flexibility index (Phi) is 5.56. The number of aromatic amines is 1. The van der Waals surface area contributed by atoms with Gasteiger partial charge in [0.2, 0.25) is 5.91 Å². The van der Waals surface area contributed by atoms with Crippen molar-refractivity contribution in [2.75, 3.05) is 38.7 Å². The van der Waals surface area contributed by atoms with Gasteiger partial charge in [0.25, 0.3) is 0 Å². The van der Waals surface area contributed by atoms with Crippen LogP contribution in [0.2, 0.25) is 0 Å². The molecule has 2 fully saturated rings. The summed E-state index contributed by atoms with van der Waals surface area (Å²) in [5.41, 5.74) is 6.92. The average molecular weight is 507 g/mol. The number of ether oxygens (including phenoxy) is 2. The Bertz CT molecular complexity index is 1570. The molecule has 7 rings (SSSR count). The van der Waals surface area contributed by atoms with Gasteiger partial charge in [-0.05, 0) is 59.0 Å². The third kappa shape index (κ3) is 3.90. The van der Waals surface area contributed by atoms with Gasteiger partial charge in [-0.15, -0.1) is 0 Å². The number of methoxy groups -OCH3 is 1. The predicted octanol–water partition coefficient (Wildman–Crippen LogP) is 4.95. The van der Waals surface area contributed by atoms with Gasteiger partial charge in [-0.1, -0.05) is 42.5 Å². The fraction of sp³-hybridized carbons (Fsp3) is 0.290. The van der Waals surface area contributed by atoms with Gasteiger partial charge in [0.1, 0.15) is 5.75 Å². The zero-order valence-electron chi connectivity index (χ0n) is 21.4. The van der Waals surface area contributed by atoms with Crippen molar-refractivity contribution in [1.82, 2.24) is 15.1 Å². The third-order valence-corrected chi connectivity index (χ3v) is 8.23. The third-order valence-electron chi connectivity index (χ3n) is 8.23. The number of amides is 1. The first-order valence-corrected chi connectivity index (χ1v) is 13.2. The summed E-state index contributed by atoms with van der Waals surface area (Å²) >= 11 is 0. The van der Waals surface area contributed by atoms with E-state index in [9.17, 15) is 4.79 Å². The molecule has 1 saturated carbocycles. The van der Waals surface area contributed by atoms with E-state index in [4.69, 9.17) is 9.47 Å². The number of rotatable bonds is 6. The largest absolute Gasteiger partial charge is 0.497 e. The molecule has 0 radical (unpaired) electrons. The molecule has 2 N–H and O–H groups in total. The summed E-state index contributed by atoms with van der Waals surface area (Å²) in [6.45, 7) is 4.52. The summed E-state index contributed by atoms with van der Waals surface area (Å²) in [5.74, 6) is 0.990. The van der Waals surface area contributed by atoms with E-state index >= 15 is 0 Å². The Labute approximate surface area is 221 Å². The summed E-state index contributed by atoms with van der Waals surface area (Å²) in [5, 5.41) is 11.9. The number of carbonyl (C=O) groups is 1. The van der Waals surface area contributed by atoms with Crippen LogP contribution in [0, 0.1) is 0 Å². The average Bonchev–Trinajstić information content (AvgIpc) is 3.49. The van der Waals surface area contributed by atoms with Crippen LogP contribution >= 0.6 is 0 Å². The quantitative estimate of drug-likeness (QED) is 0.387. The van der Waals surface area contributed by atoms with E-state index in [1.165, 1.54) is 5.56 Å². The van der Waals surface area contributed by atoms with Crippen molar-refractivity contribution in [2.24, 2.45) is 0 Å². The van der Waals surface area contributed by atoms with Gasteiger partial charge >= 0.3 is 0 Å². The van der Waals surface area contributed by atoms with Crippen LogP contribution in [0.3, 0.4) is 0 Å². The summed E-state index contributed by atoms with van der Waals surface area (Å²) in [6, 6.07) is 20.9. The Hall–Kier alpha value is -3.94. The lowest BCUT2D eigenvalue weighted by atomic mass is 9.91. The van der Waals surface area contributed by atoms with Gasteiger partial charge in [0.05, 0.1) is 36.9 Å². The number of hydrogen-bond acceptors (Lipinski definition) is 5. The molecule has 1 unspecified atom stereocenters. The molecule has 7 heteroatoms. The first-order chi connectivity index (χ1) is 18.6. The van der Waals surface area contributed by atoms with Crippen LogP contribution in [-0.2, 0) is 21.5 Å². The molecule has 1 spiro atoms. The van der Waals surface area contributed by atoms with Crippen molar-refractivity contribution in [3.05, 3.63) is 88.6 Å². The molecule has 3 heterocycles. The standard InChI is InChI=1S/C31H30N4O3/c1-37-23-7-10-28-25(17-23)31(30(36)32-28)18-26(31)22-6-8-24-27(33-34-29(24)16-22)9-5-20-3-2-4-21(15-20)19-35-11-13-38-14-12-35/h2-10,15-17,26H,11-14,18-19H2,1H3,(H,32,36)(H,33,34)/b9-5+/t26?,31-/m0/s1. The molecule has 3 aromatic carbocycles. The molecule has 0 bridgehead atoms. The molecular weight excluding hydrogens is 476 g/mol. The van der Waals surface area contributed by atoms with Gasteiger partial charge in [0.15, 0.2) is 0 Å². The number of nitrogens with zero attached hydrogens (tertiary/aromatic N) is 2. The Morgan fingerprint density at radius 2 is 2.00 bits per heavy atom. The van der Waals surface area contributed by atoms with Crippen molar-refractivity contribution >= 4 is 34.6 Å². The lowest BCUT2D eigenvalue weighted by molar-refractivity contribution is -0.118. The minimum absolute atomic E-state index is 0.0786. The van der Waals surface area contributed by atoms with Crippen molar-refractivity contribution in [3.8, 4) is 5.75 Å². The second-order valence-corrected chi connectivity index (χ2v) is 10.5. The number of benzene rings is 3. The number of H-pyrrole nitrogens is 1. The molecule has 1 saturated heterocycles. The normalized spacial score (nSPS) is 22.8. The highest BCUT2D eigenvalue weighted by molar-refractivity contribution is 6.10. The van der Waals surface area contributed by atoms with Crippen molar-refractivity contribution in [1.29, 1.82) is 0 Å². The zero-order valence-corrected chi connectivity index (χ0v) is 21.4. The van der Waals surface area contributed by atoms with E-state index in [1.54, 1.807) is 7.11 Å². The van der Waals surface area contributed by atoms with E-state index in [2.05, 4.69) is 75.0 Å². The minimum atomic E-state index is -0.507. The number of nitrogens with one attached hydrogen (secondary N) is 2. The summed E-state index contributed by atoms with van der Waals surface area (Å²) in [7, 11) is 1.66. The van der Waals surface area contributed by atoms with Gasteiger partial charge in [-0.25, -0.2) is 0 Å². The number of anilines is 1. The maximum Gasteiger partial charge on any atom is 0.235 e. The number of morpholine rings is 1.